The molecule has 0 bridgehead atoms. The van der Waals surface area contributed by atoms with Crippen LogP contribution in [0.2, 0.25) is 0 Å². The smallest absolute Gasteiger partial charge is 0.389 e. The molecule has 0 saturated heterocycles. The topological polar surface area (TPSA) is 78.4 Å². The maximum absolute atomic E-state index is 11.9. The number of halogens is 3. The van der Waals surface area contributed by atoms with Crippen molar-refractivity contribution in [3.05, 3.63) is 0 Å². The summed E-state index contributed by atoms with van der Waals surface area (Å²) in [4.78, 5) is 22.1. The number of carbonyl (C=O) groups is 2. The molecule has 1 unspecified atom stereocenters. The van der Waals surface area contributed by atoms with Gasteiger partial charge in [0, 0.05) is 25.9 Å². The highest BCUT2D eigenvalue weighted by atomic mass is 19.4. The minimum Gasteiger partial charge on any atom is -0.481 e. The molecule has 0 aliphatic heterocycles. The van der Waals surface area contributed by atoms with E-state index < -0.39 is 24.6 Å². The first kappa shape index (κ1) is 19.5. The van der Waals surface area contributed by atoms with Crippen LogP contribution in [-0.4, -0.2) is 36.4 Å². The number of alkyl halides is 3. The third-order valence-corrected chi connectivity index (χ3v) is 2.74. The maximum atomic E-state index is 11.9. The maximum Gasteiger partial charge on any atom is 0.389 e. The highest BCUT2D eigenvalue weighted by molar-refractivity contribution is 5.74. The lowest BCUT2D eigenvalue weighted by atomic mass is 9.94. The summed E-state index contributed by atoms with van der Waals surface area (Å²) in [6.07, 6.45) is -4.74. The molecule has 2 amide bonds. The first-order valence-electron chi connectivity index (χ1n) is 6.90. The molecule has 21 heavy (non-hydrogen) atoms. The highest BCUT2D eigenvalue weighted by Crippen LogP contribution is 2.20. The van der Waals surface area contributed by atoms with E-state index in [0.717, 1.165) is 0 Å². The van der Waals surface area contributed by atoms with E-state index in [1.807, 2.05) is 13.8 Å². The summed E-state index contributed by atoms with van der Waals surface area (Å²) in [5.41, 5.74) is 0. The lowest BCUT2D eigenvalue weighted by Crippen LogP contribution is -2.39. The molecule has 3 N–H and O–H groups in total. The average Bonchev–Trinajstić information content (AvgIpc) is 2.29. The number of amides is 2. The Morgan fingerprint density at radius 2 is 1.81 bits per heavy atom. The van der Waals surface area contributed by atoms with Gasteiger partial charge in [-0.25, -0.2) is 4.79 Å². The number of urea groups is 1. The molecular weight excluding hydrogens is 289 g/mol. The Morgan fingerprint density at radius 1 is 1.19 bits per heavy atom. The highest BCUT2D eigenvalue weighted by Gasteiger charge is 2.26. The molecule has 124 valence electrons. The van der Waals surface area contributed by atoms with Crippen molar-refractivity contribution in [3.8, 4) is 0 Å². The van der Waals surface area contributed by atoms with Crippen molar-refractivity contribution in [1.29, 1.82) is 0 Å². The van der Waals surface area contributed by atoms with Crippen LogP contribution < -0.4 is 10.6 Å². The summed E-state index contributed by atoms with van der Waals surface area (Å²) in [6.45, 7) is 4.02. The summed E-state index contributed by atoms with van der Waals surface area (Å²) in [6, 6.07) is -0.573. The van der Waals surface area contributed by atoms with Gasteiger partial charge in [-0.2, -0.15) is 13.2 Å². The van der Waals surface area contributed by atoms with E-state index in [4.69, 9.17) is 5.11 Å². The molecule has 0 aliphatic rings. The summed E-state index contributed by atoms with van der Waals surface area (Å²) in [5.74, 6) is -0.831. The van der Waals surface area contributed by atoms with E-state index >= 15 is 0 Å². The van der Waals surface area contributed by atoms with Crippen molar-refractivity contribution in [2.75, 3.05) is 13.1 Å². The molecule has 5 nitrogen and oxygen atoms in total. The van der Waals surface area contributed by atoms with Crippen molar-refractivity contribution >= 4 is 12.0 Å². The van der Waals surface area contributed by atoms with Crippen LogP contribution in [-0.2, 0) is 4.79 Å². The van der Waals surface area contributed by atoms with Gasteiger partial charge in [-0.3, -0.25) is 4.79 Å². The van der Waals surface area contributed by atoms with Crippen LogP contribution in [0.25, 0.3) is 0 Å². The van der Waals surface area contributed by atoms with Crippen molar-refractivity contribution in [3.63, 3.8) is 0 Å². The van der Waals surface area contributed by atoms with Crippen molar-refractivity contribution in [2.24, 2.45) is 11.8 Å². The first-order chi connectivity index (χ1) is 9.60. The zero-order chi connectivity index (χ0) is 16.5. The number of hydrogen-bond donors (Lipinski definition) is 3. The van der Waals surface area contributed by atoms with E-state index in [2.05, 4.69) is 10.6 Å². The number of hydrogen-bond acceptors (Lipinski definition) is 2. The lowest BCUT2D eigenvalue weighted by molar-refractivity contribution is -0.138. The fourth-order valence-corrected chi connectivity index (χ4v) is 1.94. The number of carboxylic acids is 1. The van der Waals surface area contributed by atoms with Gasteiger partial charge in [-0.05, 0) is 24.7 Å². The number of carboxylic acid groups (broad SMARTS) is 1. The Bertz CT molecular complexity index is 333. The van der Waals surface area contributed by atoms with Gasteiger partial charge >= 0.3 is 18.2 Å². The van der Waals surface area contributed by atoms with Crippen LogP contribution in [0.15, 0.2) is 0 Å². The monoisotopic (exact) mass is 312 g/mol. The van der Waals surface area contributed by atoms with Crippen LogP contribution in [0.3, 0.4) is 0 Å². The standard InChI is InChI=1S/C13H23F3N2O3/c1-9(2)6-10(7-11(19)20)8-18-12(21)17-5-3-4-13(14,15)16/h9-10H,3-8H2,1-2H3,(H,19,20)(H2,17,18,21). The quantitative estimate of drug-likeness (QED) is 0.573. The number of nitrogens with one attached hydrogen (secondary N) is 2. The van der Waals surface area contributed by atoms with Gasteiger partial charge in [0.1, 0.15) is 0 Å². The summed E-state index contributed by atoms with van der Waals surface area (Å²) in [7, 11) is 0. The molecule has 0 aliphatic carbocycles. The largest absolute Gasteiger partial charge is 0.481 e. The molecule has 0 saturated carbocycles. The third kappa shape index (κ3) is 13.3. The normalized spacial score (nSPS) is 13.0. The molecule has 1 atom stereocenters. The molecular formula is C13H23F3N2O3. The van der Waals surface area contributed by atoms with Crippen LogP contribution >= 0.6 is 0 Å². The lowest BCUT2D eigenvalue weighted by Gasteiger charge is -2.18. The predicted molar refractivity (Wildman–Crippen MR) is 71.9 cm³/mol. The number of rotatable bonds is 9. The van der Waals surface area contributed by atoms with Gasteiger partial charge in [0.2, 0.25) is 0 Å². The van der Waals surface area contributed by atoms with E-state index in [1.165, 1.54) is 0 Å². The molecule has 0 aromatic rings. The van der Waals surface area contributed by atoms with Gasteiger partial charge in [-0.15, -0.1) is 0 Å². The molecule has 0 heterocycles. The molecule has 0 fully saturated rings. The van der Waals surface area contributed by atoms with Crippen molar-refractivity contribution in [2.45, 2.75) is 45.7 Å². The Balaban J connectivity index is 3.93. The summed E-state index contributed by atoms with van der Waals surface area (Å²) < 4.78 is 35.7. The average molecular weight is 312 g/mol. The second-order valence-corrected chi connectivity index (χ2v) is 5.45. The molecule has 8 heteroatoms. The Morgan fingerprint density at radius 3 is 2.29 bits per heavy atom. The molecule has 0 aromatic carbocycles. The van der Waals surface area contributed by atoms with Gasteiger partial charge < -0.3 is 15.7 Å². The summed E-state index contributed by atoms with van der Waals surface area (Å²) >= 11 is 0. The van der Waals surface area contributed by atoms with Crippen LogP contribution in [0.4, 0.5) is 18.0 Å². The zero-order valence-electron chi connectivity index (χ0n) is 12.3. The van der Waals surface area contributed by atoms with Crippen LogP contribution in [0.5, 0.6) is 0 Å². The van der Waals surface area contributed by atoms with Gasteiger partial charge in [-0.1, -0.05) is 13.8 Å². The predicted octanol–water partition coefficient (Wildman–Crippen LogP) is 2.77. The van der Waals surface area contributed by atoms with Crippen LogP contribution in [0, 0.1) is 11.8 Å². The van der Waals surface area contributed by atoms with E-state index in [9.17, 15) is 22.8 Å². The summed E-state index contributed by atoms with van der Waals surface area (Å²) in [5, 5.41) is 13.6. The third-order valence-electron chi connectivity index (χ3n) is 2.74. The second kappa shape index (κ2) is 9.46. The SMILES string of the molecule is CC(C)CC(CNC(=O)NCCCC(F)(F)F)CC(=O)O. The molecule has 0 rings (SSSR count). The molecule has 0 aromatic heterocycles. The van der Waals surface area contributed by atoms with Crippen LogP contribution in [0.1, 0.15) is 39.5 Å². The van der Waals surface area contributed by atoms with Gasteiger partial charge in [0.15, 0.2) is 0 Å². The number of aliphatic carboxylic acids is 1. The fourth-order valence-electron chi connectivity index (χ4n) is 1.94. The molecule has 0 spiro atoms. The Hall–Kier alpha value is -1.47. The minimum atomic E-state index is -4.22. The van der Waals surface area contributed by atoms with Crippen molar-refractivity contribution < 1.29 is 27.9 Å². The van der Waals surface area contributed by atoms with E-state index in [0.29, 0.717) is 12.3 Å². The van der Waals surface area contributed by atoms with E-state index in [-0.39, 0.29) is 31.8 Å². The minimum absolute atomic E-state index is 0.0491. The Labute approximate surface area is 122 Å². The second-order valence-electron chi connectivity index (χ2n) is 5.45. The van der Waals surface area contributed by atoms with Gasteiger partial charge in [0.05, 0.1) is 0 Å². The number of carbonyl (C=O) groups excluding carboxylic acids is 1. The first-order valence-corrected chi connectivity index (χ1v) is 6.90. The van der Waals surface area contributed by atoms with E-state index in [1.54, 1.807) is 0 Å². The Kier molecular flexibility index (Phi) is 8.80. The zero-order valence-corrected chi connectivity index (χ0v) is 12.3. The fraction of sp³-hybridized carbons (Fsp3) is 0.846. The van der Waals surface area contributed by atoms with Crippen molar-refractivity contribution in [1.82, 2.24) is 10.6 Å². The van der Waals surface area contributed by atoms with Gasteiger partial charge in [0.25, 0.3) is 0 Å². The molecule has 0 radical (unpaired) electrons.